The third-order valence-corrected chi connectivity index (χ3v) is 5.70. The molecule has 1 aliphatic heterocycles. The Hall–Kier alpha value is -1.78. The molecule has 1 heterocycles. The molecular weight excluding hydrogens is 425 g/mol. The van der Waals surface area contributed by atoms with Gasteiger partial charge in [-0.15, -0.1) is 0 Å². The number of hydrogen-bond donors (Lipinski definition) is 2. The van der Waals surface area contributed by atoms with E-state index in [2.05, 4.69) is 4.74 Å². The van der Waals surface area contributed by atoms with Crippen LogP contribution in [-0.2, 0) is 9.53 Å². The Morgan fingerprint density at radius 2 is 1.74 bits per heavy atom. The van der Waals surface area contributed by atoms with E-state index in [0.717, 1.165) is 0 Å². The standard InChI is InChI=1S/C17H20F3NO3.C4H8F2O/c18-17(19,20)14(23)11-1-3-12(4-2-11)21-10-9-16(15(21)24)7-5-13(22)6-8-16;1-2-7-3-4(5)6/h1-4,13-14,22-23H,5-10H2;4H,2-3H2,1H3. The fourth-order valence-corrected chi connectivity index (χ4v) is 3.92. The minimum Gasteiger partial charge on any atom is -0.393 e. The molecule has 1 atom stereocenters. The number of rotatable bonds is 5. The van der Waals surface area contributed by atoms with Gasteiger partial charge >= 0.3 is 6.18 Å². The number of alkyl halides is 5. The van der Waals surface area contributed by atoms with Crippen molar-refractivity contribution in [2.75, 3.05) is 24.7 Å². The minimum absolute atomic E-state index is 0.0153. The first-order valence-corrected chi connectivity index (χ1v) is 10.2. The van der Waals surface area contributed by atoms with E-state index in [-0.39, 0.29) is 17.6 Å². The molecule has 2 fully saturated rings. The van der Waals surface area contributed by atoms with E-state index in [4.69, 9.17) is 0 Å². The van der Waals surface area contributed by atoms with Crippen molar-refractivity contribution in [2.45, 2.75) is 63.8 Å². The van der Waals surface area contributed by atoms with Crippen LogP contribution in [0.3, 0.4) is 0 Å². The van der Waals surface area contributed by atoms with E-state index in [1.165, 1.54) is 24.3 Å². The molecule has 2 N–H and O–H groups in total. The van der Waals surface area contributed by atoms with E-state index < -0.39 is 30.7 Å². The first kappa shape index (κ1) is 25.5. The van der Waals surface area contributed by atoms with Gasteiger partial charge in [-0.25, -0.2) is 8.78 Å². The second kappa shape index (κ2) is 10.7. The highest BCUT2D eigenvalue weighted by Crippen LogP contribution is 2.46. The zero-order chi connectivity index (χ0) is 23.2. The highest BCUT2D eigenvalue weighted by molar-refractivity contribution is 5.99. The summed E-state index contributed by atoms with van der Waals surface area (Å²) in [5.74, 6) is -0.0153. The number of carbonyl (C=O) groups is 1. The Labute approximate surface area is 177 Å². The van der Waals surface area contributed by atoms with Gasteiger partial charge in [-0.2, -0.15) is 13.2 Å². The van der Waals surface area contributed by atoms with Crippen molar-refractivity contribution >= 4 is 11.6 Å². The van der Waals surface area contributed by atoms with Crippen molar-refractivity contribution in [3.05, 3.63) is 29.8 Å². The predicted octanol–water partition coefficient (Wildman–Crippen LogP) is 4.23. The lowest BCUT2D eigenvalue weighted by Crippen LogP contribution is -2.38. The van der Waals surface area contributed by atoms with E-state index in [0.29, 0.717) is 50.9 Å². The predicted molar refractivity (Wildman–Crippen MR) is 104 cm³/mol. The van der Waals surface area contributed by atoms with Crippen LogP contribution in [0.1, 0.15) is 50.7 Å². The Balaban J connectivity index is 0.000000423. The molecule has 1 saturated heterocycles. The molecule has 1 saturated carbocycles. The monoisotopic (exact) mass is 453 g/mol. The van der Waals surface area contributed by atoms with Crippen LogP contribution in [0, 0.1) is 5.41 Å². The Morgan fingerprint density at radius 1 is 1.16 bits per heavy atom. The van der Waals surface area contributed by atoms with Crippen LogP contribution in [0.15, 0.2) is 24.3 Å². The second-order valence-electron chi connectivity index (χ2n) is 7.80. The Bertz CT molecular complexity index is 703. The van der Waals surface area contributed by atoms with Crippen LogP contribution >= 0.6 is 0 Å². The van der Waals surface area contributed by atoms with Crippen molar-refractivity contribution in [3.63, 3.8) is 0 Å². The highest BCUT2D eigenvalue weighted by Gasteiger charge is 2.48. The SMILES string of the molecule is CCOCC(F)F.O=C1N(c2ccc(C(O)C(F)(F)F)cc2)CCC12CCC(O)CC2. The number of benzene rings is 1. The van der Waals surface area contributed by atoms with Gasteiger partial charge in [-0.05, 0) is 56.7 Å². The maximum atomic E-state index is 12.8. The second-order valence-corrected chi connectivity index (χ2v) is 7.80. The average Bonchev–Trinajstić information content (AvgIpc) is 3.04. The van der Waals surface area contributed by atoms with Crippen LogP contribution in [0.25, 0.3) is 0 Å². The minimum atomic E-state index is -4.71. The van der Waals surface area contributed by atoms with Crippen LogP contribution < -0.4 is 4.90 Å². The number of nitrogens with zero attached hydrogens (tertiary/aromatic N) is 1. The molecule has 2 aliphatic rings. The summed E-state index contributed by atoms with van der Waals surface area (Å²) in [4.78, 5) is 14.4. The molecule has 0 radical (unpaired) electrons. The maximum Gasteiger partial charge on any atom is 0.418 e. The zero-order valence-electron chi connectivity index (χ0n) is 17.2. The molecule has 0 bridgehead atoms. The molecular formula is C21H28F5NO4. The van der Waals surface area contributed by atoms with E-state index >= 15 is 0 Å². The number of anilines is 1. The summed E-state index contributed by atoms with van der Waals surface area (Å²) in [6, 6.07) is 5.30. The van der Waals surface area contributed by atoms with Crippen LogP contribution in [0.5, 0.6) is 0 Å². The van der Waals surface area contributed by atoms with E-state index in [9.17, 15) is 37.0 Å². The Morgan fingerprint density at radius 3 is 2.19 bits per heavy atom. The number of aliphatic hydroxyl groups is 2. The first-order valence-electron chi connectivity index (χ1n) is 10.2. The molecule has 1 spiro atoms. The van der Waals surface area contributed by atoms with Gasteiger partial charge in [-0.1, -0.05) is 12.1 Å². The van der Waals surface area contributed by atoms with Crippen molar-refractivity contribution in [1.82, 2.24) is 0 Å². The highest BCUT2D eigenvalue weighted by atomic mass is 19.4. The van der Waals surface area contributed by atoms with Crippen molar-refractivity contribution in [1.29, 1.82) is 0 Å². The quantitative estimate of drug-likeness (QED) is 0.655. The molecule has 3 rings (SSSR count). The number of carbonyl (C=O) groups excluding carboxylic acids is 1. The van der Waals surface area contributed by atoms with Gasteiger partial charge in [0.15, 0.2) is 6.10 Å². The molecule has 10 heteroatoms. The van der Waals surface area contributed by atoms with Gasteiger partial charge in [0.1, 0.15) is 6.61 Å². The van der Waals surface area contributed by atoms with Crippen LogP contribution in [0.2, 0.25) is 0 Å². The molecule has 1 aromatic rings. The van der Waals surface area contributed by atoms with Gasteiger partial charge in [0, 0.05) is 18.8 Å². The lowest BCUT2D eigenvalue weighted by Gasteiger charge is -2.33. The molecule has 176 valence electrons. The summed E-state index contributed by atoms with van der Waals surface area (Å²) in [7, 11) is 0. The molecule has 0 aromatic heterocycles. The maximum absolute atomic E-state index is 12.8. The summed E-state index contributed by atoms with van der Waals surface area (Å²) >= 11 is 0. The summed E-state index contributed by atoms with van der Waals surface area (Å²) in [5, 5.41) is 18.9. The average molecular weight is 453 g/mol. The van der Waals surface area contributed by atoms with E-state index in [1.807, 2.05) is 0 Å². The van der Waals surface area contributed by atoms with Gasteiger partial charge in [0.2, 0.25) is 5.91 Å². The first-order chi connectivity index (χ1) is 14.5. The summed E-state index contributed by atoms with van der Waals surface area (Å²) in [6.07, 6.45) is -6.69. The molecule has 1 aliphatic carbocycles. The number of hydrogen-bond acceptors (Lipinski definition) is 4. The number of halogens is 5. The molecule has 1 aromatic carbocycles. The molecule has 31 heavy (non-hydrogen) atoms. The third-order valence-electron chi connectivity index (χ3n) is 5.70. The van der Waals surface area contributed by atoms with Gasteiger partial charge < -0.3 is 19.8 Å². The molecule has 5 nitrogen and oxygen atoms in total. The number of amides is 1. The van der Waals surface area contributed by atoms with Crippen LogP contribution in [-0.4, -0.2) is 54.6 Å². The fraction of sp³-hybridized carbons (Fsp3) is 0.667. The van der Waals surface area contributed by atoms with E-state index in [1.54, 1.807) is 11.8 Å². The van der Waals surface area contributed by atoms with Crippen LogP contribution in [0.4, 0.5) is 27.6 Å². The van der Waals surface area contributed by atoms with Crippen molar-refractivity contribution in [3.8, 4) is 0 Å². The smallest absolute Gasteiger partial charge is 0.393 e. The molecule has 1 unspecified atom stereocenters. The van der Waals surface area contributed by atoms with Crippen molar-refractivity contribution < 1.29 is 41.7 Å². The molecule has 1 amide bonds. The lowest BCUT2D eigenvalue weighted by atomic mass is 9.72. The summed E-state index contributed by atoms with van der Waals surface area (Å²) in [6.45, 7) is 2.14. The Kier molecular flexibility index (Phi) is 8.79. The lowest BCUT2D eigenvalue weighted by molar-refractivity contribution is -0.206. The van der Waals surface area contributed by atoms with Gasteiger partial charge in [0.05, 0.1) is 11.5 Å². The zero-order valence-corrected chi connectivity index (χ0v) is 17.2. The third kappa shape index (κ3) is 6.60. The number of aliphatic hydroxyl groups excluding tert-OH is 2. The summed E-state index contributed by atoms with van der Waals surface area (Å²) in [5.41, 5.74) is -0.141. The summed E-state index contributed by atoms with van der Waals surface area (Å²) < 4.78 is 64.1. The largest absolute Gasteiger partial charge is 0.418 e. The van der Waals surface area contributed by atoms with Crippen molar-refractivity contribution in [2.24, 2.45) is 5.41 Å². The topological polar surface area (TPSA) is 70.0 Å². The van der Waals surface area contributed by atoms with Gasteiger partial charge in [-0.3, -0.25) is 4.79 Å². The fourth-order valence-electron chi connectivity index (χ4n) is 3.92. The number of ether oxygens (including phenoxy) is 1. The normalized spacial score (nSPS) is 25.0. The van der Waals surface area contributed by atoms with Gasteiger partial charge in [0.25, 0.3) is 6.43 Å².